The average molecular weight is 573 g/mol. The van der Waals surface area contributed by atoms with Gasteiger partial charge in [-0.3, -0.25) is 9.59 Å². The van der Waals surface area contributed by atoms with Crippen LogP contribution in [0.4, 0.5) is 15.8 Å². The molecule has 0 bridgehead atoms. The van der Waals surface area contributed by atoms with Gasteiger partial charge in [-0.2, -0.15) is 5.26 Å². The van der Waals surface area contributed by atoms with Crippen LogP contribution in [0, 0.1) is 17.1 Å². The fourth-order valence-corrected chi connectivity index (χ4v) is 3.79. The van der Waals surface area contributed by atoms with Crippen molar-refractivity contribution in [1.82, 2.24) is 0 Å². The summed E-state index contributed by atoms with van der Waals surface area (Å²) in [6.07, 6.45) is 1.40. The van der Waals surface area contributed by atoms with E-state index in [0.29, 0.717) is 38.8 Å². The normalized spacial score (nSPS) is 10.8. The van der Waals surface area contributed by atoms with Crippen molar-refractivity contribution < 1.29 is 23.5 Å². The zero-order valence-electron chi connectivity index (χ0n) is 19.0. The number of nitrogens with zero attached hydrogens (tertiary/aromatic N) is 1. The minimum atomic E-state index is -0.605. The van der Waals surface area contributed by atoms with Crippen LogP contribution in [0.5, 0.6) is 11.5 Å². The number of nitriles is 1. The summed E-state index contributed by atoms with van der Waals surface area (Å²) in [6.45, 7) is 1.75. The van der Waals surface area contributed by atoms with Gasteiger partial charge in [0.2, 0.25) is 0 Å². The van der Waals surface area contributed by atoms with E-state index in [1.807, 2.05) is 6.07 Å². The van der Waals surface area contributed by atoms with Gasteiger partial charge in [0.15, 0.2) is 18.1 Å². The van der Waals surface area contributed by atoms with Gasteiger partial charge in [0, 0.05) is 16.4 Å². The number of benzene rings is 3. The third kappa shape index (κ3) is 7.57. The largest absolute Gasteiger partial charge is 0.490 e. The number of carbonyl (C=O) groups excluding carboxylic acids is 2. The monoisotopic (exact) mass is 571 g/mol. The number of amides is 2. The van der Waals surface area contributed by atoms with E-state index < -0.39 is 17.6 Å². The second-order valence-corrected chi connectivity index (χ2v) is 8.53. The predicted molar refractivity (Wildman–Crippen MR) is 140 cm³/mol. The second kappa shape index (κ2) is 12.7. The maximum atomic E-state index is 13.0. The van der Waals surface area contributed by atoms with Gasteiger partial charge in [0.25, 0.3) is 11.8 Å². The molecule has 7 nitrogen and oxygen atoms in total. The van der Waals surface area contributed by atoms with Gasteiger partial charge < -0.3 is 20.1 Å². The van der Waals surface area contributed by atoms with Crippen molar-refractivity contribution in [2.75, 3.05) is 23.8 Å². The number of anilines is 2. The van der Waals surface area contributed by atoms with E-state index >= 15 is 0 Å². The molecule has 2 N–H and O–H groups in total. The Labute approximate surface area is 220 Å². The topological polar surface area (TPSA) is 100 Å². The van der Waals surface area contributed by atoms with Crippen LogP contribution < -0.4 is 20.1 Å². The summed E-state index contributed by atoms with van der Waals surface area (Å²) in [5.41, 5.74) is 1.23. The fourth-order valence-electron chi connectivity index (χ4n) is 3.02. The summed E-state index contributed by atoms with van der Waals surface area (Å²) in [6, 6.07) is 17.0. The van der Waals surface area contributed by atoms with Crippen molar-refractivity contribution in [2.45, 2.75) is 6.92 Å². The van der Waals surface area contributed by atoms with Crippen molar-refractivity contribution >= 4 is 56.8 Å². The zero-order valence-corrected chi connectivity index (χ0v) is 21.3. The molecule has 0 aliphatic carbocycles. The highest BCUT2D eigenvalue weighted by atomic mass is 79.9. The molecule has 0 aliphatic rings. The number of carbonyl (C=O) groups is 2. The van der Waals surface area contributed by atoms with Gasteiger partial charge in [-0.15, -0.1) is 0 Å². The SMILES string of the molecule is CCOc1cc(/C=C(/C#N)C(=O)Nc2cccc(Cl)c2)cc(Br)c1OCC(=O)Nc1ccc(F)cc1. The predicted octanol–water partition coefficient (Wildman–Crippen LogP) is 6.20. The smallest absolute Gasteiger partial charge is 0.266 e. The highest BCUT2D eigenvalue weighted by molar-refractivity contribution is 9.10. The van der Waals surface area contributed by atoms with Crippen molar-refractivity contribution in [2.24, 2.45) is 0 Å². The number of rotatable bonds is 9. The number of halogens is 3. The van der Waals surface area contributed by atoms with Crippen LogP contribution in [-0.2, 0) is 9.59 Å². The molecule has 2 amide bonds. The first-order valence-electron chi connectivity index (χ1n) is 10.6. The third-order valence-corrected chi connectivity index (χ3v) is 5.39. The lowest BCUT2D eigenvalue weighted by atomic mass is 10.1. The van der Waals surface area contributed by atoms with Crippen LogP contribution in [-0.4, -0.2) is 25.0 Å². The van der Waals surface area contributed by atoms with Gasteiger partial charge >= 0.3 is 0 Å². The molecule has 10 heteroatoms. The van der Waals surface area contributed by atoms with E-state index in [4.69, 9.17) is 21.1 Å². The van der Waals surface area contributed by atoms with E-state index in [1.165, 1.54) is 30.3 Å². The molecule has 0 radical (unpaired) electrons. The summed E-state index contributed by atoms with van der Waals surface area (Å²) in [5.74, 6) is -0.897. The lowest BCUT2D eigenvalue weighted by Gasteiger charge is -2.15. The van der Waals surface area contributed by atoms with Gasteiger partial charge in [-0.1, -0.05) is 17.7 Å². The van der Waals surface area contributed by atoms with Crippen molar-refractivity contribution in [3.05, 3.63) is 87.1 Å². The average Bonchev–Trinajstić information content (AvgIpc) is 2.83. The molecule has 0 saturated heterocycles. The first kappa shape index (κ1) is 26.7. The maximum absolute atomic E-state index is 13.0. The zero-order chi connectivity index (χ0) is 26.1. The molecule has 0 aliphatic heterocycles. The summed E-state index contributed by atoms with van der Waals surface area (Å²) < 4.78 is 24.8. The van der Waals surface area contributed by atoms with E-state index in [2.05, 4.69) is 26.6 Å². The molecule has 0 aromatic heterocycles. The van der Waals surface area contributed by atoms with E-state index in [-0.39, 0.29) is 17.9 Å². The summed E-state index contributed by atoms with van der Waals surface area (Å²) >= 11 is 9.34. The highest BCUT2D eigenvalue weighted by Gasteiger charge is 2.16. The van der Waals surface area contributed by atoms with Gasteiger partial charge in [-0.25, -0.2) is 4.39 Å². The van der Waals surface area contributed by atoms with Crippen molar-refractivity contribution in [3.63, 3.8) is 0 Å². The molecular formula is C26H20BrClFN3O4. The fraction of sp³-hybridized carbons (Fsp3) is 0.115. The molecule has 0 unspecified atom stereocenters. The first-order chi connectivity index (χ1) is 17.3. The maximum Gasteiger partial charge on any atom is 0.266 e. The molecule has 0 spiro atoms. The van der Waals surface area contributed by atoms with Crippen LogP contribution in [0.1, 0.15) is 12.5 Å². The lowest BCUT2D eigenvalue weighted by molar-refractivity contribution is -0.118. The second-order valence-electron chi connectivity index (χ2n) is 7.24. The lowest BCUT2D eigenvalue weighted by Crippen LogP contribution is -2.20. The third-order valence-electron chi connectivity index (χ3n) is 4.57. The molecule has 0 heterocycles. The quantitative estimate of drug-likeness (QED) is 0.235. The standard InChI is InChI=1S/C26H20BrClFN3O4/c1-2-35-23-12-16(10-17(14-30)26(34)32-21-5-3-4-18(28)13-21)11-22(27)25(23)36-15-24(33)31-20-8-6-19(29)7-9-20/h3-13H,2,15H2,1H3,(H,31,33)(H,32,34)/b17-10-. The van der Waals surface area contributed by atoms with Gasteiger partial charge in [-0.05, 0) is 89.1 Å². The molecule has 184 valence electrons. The number of nitrogens with one attached hydrogen (secondary N) is 2. The Morgan fingerprint density at radius 2 is 1.83 bits per heavy atom. The Morgan fingerprint density at radius 3 is 2.50 bits per heavy atom. The molecule has 3 aromatic rings. The van der Waals surface area contributed by atoms with E-state index in [1.54, 1.807) is 43.3 Å². The van der Waals surface area contributed by atoms with Crippen LogP contribution >= 0.6 is 27.5 Å². The molecular weight excluding hydrogens is 553 g/mol. The molecule has 0 saturated carbocycles. The summed E-state index contributed by atoms with van der Waals surface area (Å²) in [7, 11) is 0. The Morgan fingerprint density at radius 1 is 1.08 bits per heavy atom. The number of ether oxygens (including phenoxy) is 2. The molecule has 36 heavy (non-hydrogen) atoms. The highest BCUT2D eigenvalue weighted by Crippen LogP contribution is 2.37. The van der Waals surface area contributed by atoms with E-state index in [0.717, 1.165) is 0 Å². The molecule has 0 fully saturated rings. The van der Waals surface area contributed by atoms with Crippen LogP contribution in [0.25, 0.3) is 6.08 Å². The minimum absolute atomic E-state index is 0.142. The molecule has 3 aromatic carbocycles. The van der Waals surface area contributed by atoms with Gasteiger partial charge in [0.05, 0.1) is 11.1 Å². The van der Waals surface area contributed by atoms with Crippen molar-refractivity contribution in [3.8, 4) is 17.6 Å². The van der Waals surface area contributed by atoms with E-state index in [9.17, 15) is 19.2 Å². The van der Waals surface area contributed by atoms with Crippen LogP contribution in [0.3, 0.4) is 0 Å². The van der Waals surface area contributed by atoms with Gasteiger partial charge in [0.1, 0.15) is 17.5 Å². The summed E-state index contributed by atoms with van der Waals surface area (Å²) in [5, 5.41) is 15.2. The Balaban J connectivity index is 1.76. The van der Waals surface area contributed by atoms with Crippen LogP contribution in [0.15, 0.2) is 70.7 Å². The number of hydrogen-bond donors (Lipinski definition) is 2. The number of hydrogen-bond acceptors (Lipinski definition) is 5. The Bertz CT molecular complexity index is 1340. The minimum Gasteiger partial charge on any atom is -0.490 e. The Kier molecular flexibility index (Phi) is 9.45. The Hall–Kier alpha value is -3.87. The molecule has 3 rings (SSSR count). The first-order valence-corrected chi connectivity index (χ1v) is 11.8. The van der Waals surface area contributed by atoms with Crippen LogP contribution in [0.2, 0.25) is 5.02 Å². The molecule has 0 atom stereocenters. The van der Waals surface area contributed by atoms with Crippen molar-refractivity contribution in [1.29, 1.82) is 5.26 Å². The summed E-state index contributed by atoms with van der Waals surface area (Å²) in [4.78, 5) is 24.9.